The van der Waals surface area contributed by atoms with E-state index in [1.54, 1.807) is 6.07 Å². The van der Waals surface area contributed by atoms with Crippen LogP contribution >= 0.6 is 0 Å². The molecule has 1 aromatic heterocycles. The molecule has 0 aliphatic heterocycles. The minimum Gasteiger partial charge on any atom is -0.422 e. The molecule has 2 nitrogen and oxygen atoms in total. The van der Waals surface area contributed by atoms with Crippen molar-refractivity contribution in [3.05, 3.63) is 70.3 Å². The second-order valence-corrected chi connectivity index (χ2v) is 4.40. The highest BCUT2D eigenvalue weighted by atomic mass is 19.1. The van der Waals surface area contributed by atoms with Gasteiger partial charge in [-0.05, 0) is 30.2 Å². The normalized spacial score (nSPS) is 10.8. The molecule has 0 bridgehead atoms. The molecule has 3 heteroatoms. The molecule has 0 unspecified atom stereocenters. The van der Waals surface area contributed by atoms with Crippen LogP contribution in [0.25, 0.3) is 22.1 Å². The number of hydrogen-bond acceptors (Lipinski definition) is 2. The minimum absolute atomic E-state index is 0.280. The van der Waals surface area contributed by atoms with Crippen molar-refractivity contribution in [1.82, 2.24) is 0 Å². The molecule has 0 aliphatic carbocycles. The quantitative estimate of drug-likeness (QED) is 0.616. The smallest absolute Gasteiger partial charge is 0.344 e. The van der Waals surface area contributed by atoms with Gasteiger partial charge in [-0.2, -0.15) is 0 Å². The van der Waals surface area contributed by atoms with E-state index in [1.165, 1.54) is 12.1 Å². The molecule has 0 amide bonds. The zero-order valence-corrected chi connectivity index (χ0v) is 10.3. The summed E-state index contributed by atoms with van der Waals surface area (Å²) in [5.41, 5.74) is 1.97. The summed E-state index contributed by atoms with van der Waals surface area (Å²) < 4.78 is 18.4. The molecule has 0 spiro atoms. The lowest BCUT2D eigenvalue weighted by Gasteiger charge is -2.07. The molecule has 0 atom stereocenters. The first-order chi connectivity index (χ1) is 9.16. The van der Waals surface area contributed by atoms with Crippen LogP contribution < -0.4 is 5.63 Å². The fourth-order valence-electron chi connectivity index (χ4n) is 2.27. The van der Waals surface area contributed by atoms with Crippen LogP contribution in [0.5, 0.6) is 0 Å². The summed E-state index contributed by atoms with van der Waals surface area (Å²) in [6.07, 6.45) is 0. The van der Waals surface area contributed by atoms with Crippen LogP contribution in [0, 0.1) is 12.7 Å². The van der Waals surface area contributed by atoms with Crippen LogP contribution in [0.3, 0.4) is 0 Å². The highest BCUT2D eigenvalue weighted by Gasteiger charge is 2.13. The molecule has 0 fully saturated rings. The van der Waals surface area contributed by atoms with E-state index in [2.05, 4.69) is 0 Å². The lowest BCUT2D eigenvalue weighted by Crippen LogP contribution is -2.06. The van der Waals surface area contributed by atoms with Gasteiger partial charge >= 0.3 is 5.63 Å². The number of hydrogen-bond donors (Lipinski definition) is 0. The van der Waals surface area contributed by atoms with Gasteiger partial charge in [-0.15, -0.1) is 0 Å². The Morgan fingerprint density at radius 3 is 2.53 bits per heavy atom. The van der Waals surface area contributed by atoms with E-state index in [1.807, 2.05) is 37.3 Å². The van der Waals surface area contributed by atoms with E-state index in [9.17, 15) is 9.18 Å². The zero-order chi connectivity index (χ0) is 13.4. The number of rotatable bonds is 1. The largest absolute Gasteiger partial charge is 0.422 e. The first kappa shape index (κ1) is 11.7. The maximum absolute atomic E-state index is 13.2. The lowest BCUT2D eigenvalue weighted by atomic mass is 10.00. The van der Waals surface area contributed by atoms with Gasteiger partial charge < -0.3 is 4.42 Å². The molecule has 3 rings (SSSR count). The molecule has 1 heterocycles. The van der Waals surface area contributed by atoms with Crippen molar-refractivity contribution >= 4 is 11.0 Å². The molecule has 2 aromatic carbocycles. The monoisotopic (exact) mass is 254 g/mol. The van der Waals surface area contributed by atoms with Crippen LogP contribution in [0.1, 0.15) is 5.56 Å². The Kier molecular flexibility index (Phi) is 2.67. The van der Waals surface area contributed by atoms with E-state index in [0.717, 1.165) is 16.5 Å². The van der Waals surface area contributed by atoms with Crippen molar-refractivity contribution in [2.24, 2.45) is 0 Å². The van der Waals surface area contributed by atoms with Gasteiger partial charge in [0.15, 0.2) is 0 Å². The Hall–Kier alpha value is -2.42. The summed E-state index contributed by atoms with van der Waals surface area (Å²) in [6.45, 7) is 1.85. The van der Waals surface area contributed by atoms with Crippen molar-refractivity contribution < 1.29 is 8.81 Å². The molecule has 19 heavy (non-hydrogen) atoms. The SMILES string of the molecule is Cc1c(-c2ccccc2)c(=O)oc2cc(F)ccc12. The van der Waals surface area contributed by atoms with Crippen molar-refractivity contribution in [1.29, 1.82) is 0 Å². The maximum atomic E-state index is 13.2. The van der Waals surface area contributed by atoms with E-state index in [4.69, 9.17) is 4.42 Å². The predicted octanol–water partition coefficient (Wildman–Crippen LogP) is 3.91. The summed E-state index contributed by atoms with van der Waals surface area (Å²) in [5.74, 6) is -0.414. The van der Waals surface area contributed by atoms with E-state index >= 15 is 0 Å². The van der Waals surface area contributed by atoms with Gasteiger partial charge in [-0.3, -0.25) is 0 Å². The summed E-state index contributed by atoms with van der Waals surface area (Å²) in [4.78, 5) is 12.1. The molecule has 0 N–H and O–H groups in total. The number of benzene rings is 2. The third kappa shape index (κ3) is 1.93. The average molecular weight is 254 g/mol. The summed E-state index contributed by atoms with van der Waals surface area (Å²) >= 11 is 0. The average Bonchev–Trinajstić information content (AvgIpc) is 2.39. The number of fused-ring (bicyclic) bond motifs is 1. The van der Waals surface area contributed by atoms with E-state index in [-0.39, 0.29) is 5.58 Å². The Bertz CT molecular complexity index is 804. The highest BCUT2D eigenvalue weighted by molar-refractivity contribution is 5.86. The summed E-state index contributed by atoms with van der Waals surface area (Å²) in [6, 6.07) is 13.6. The summed E-state index contributed by atoms with van der Waals surface area (Å²) in [7, 11) is 0. The van der Waals surface area contributed by atoms with Crippen LogP contribution in [0.2, 0.25) is 0 Å². The van der Waals surface area contributed by atoms with Gasteiger partial charge in [0.2, 0.25) is 0 Å². The van der Waals surface area contributed by atoms with Gasteiger partial charge in [-0.25, -0.2) is 9.18 Å². The molecule has 0 aliphatic rings. The Morgan fingerprint density at radius 1 is 1.05 bits per heavy atom. The molecular formula is C16H11FO2. The summed E-state index contributed by atoms with van der Waals surface area (Å²) in [5, 5.41) is 0.750. The highest BCUT2D eigenvalue weighted by Crippen LogP contribution is 2.26. The minimum atomic E-state index is -0.443. The van der Waals surface area contributed by atoms with Gasteiger partial charge in [0.1, 0.15) is 11.4 Å². The zero-order valence-electron chi connectivity index (χ0n) is 10.3. The van der Waals surface area contributed by atoms with E-state index in [0.29, 0.717) is 5.56 Å². The number of aryl methyl sites for hydroxylation is 1. The maximum Gasteiger partial charge on any atom is 0.344 e. The van der Waals surface area contributed by atoms with Crippen LogP contribution in [0.15, 0.2) is 57.7 Å². The van der Waals surface area contributed by atoms with Crippen molar-refractivity contribution in [2.45, 2.75) is 6.92 Å². The predicted molar refractivity (Wildman–Crippen MR) is 72.6 cm³/mol. The van der Waals surface area contributed by atoms with Gasteiger partial charge in [-0.1, -0.05) is 30.3 Å². The van der Waals surface area contributed by atoms with Crippen molar-refractivity contribution in [3.8, 4) is 11.1 Å². The van der Waals surface area contributed by atoms with Crippen LogP contribution in [-0.4, -0.2) is 0 Å². The Labute approximate surface area is 109 Å². The third-order valence-electron chi connectivity index (χ3n) is 3.19. The number of halogens is 1. The van der Waals surface area contributed by atoms with Crippen molar-refractivity contribution in [3.63, 3.8) is 0 Å². The topological polar surface area (TPSA) is 30.2 Å². The fraction of sp³-hybridized carbons (Fsp3) is 0.0625. The molecule has 0 saturated carbocycles. The molecule has 0 radical (unpaired) electrons. The molecule has 3 aromatic rings. The van der Waals surface area contributed by atoms with Crippen LogP contribution in [-0.2, 0) is 0 Å². The van der Waals surface area contributed by atoms with Gasteiger partial charge in [0.25, 0.3) is 0 Å². The second kappa shape index (κ2) is 4.35. The Morgan fingerprint density at radius 2 is 1.79 bits per heavy atom. The third-order valence-corrected chi connectivity index (χ3v) is 3.19. The van der Waals surface area contributed by atoms with Gasteiger partial charge in [0.05, 0.1) is 5.56 Å². The molecule has 94 valence electrons. The van der Waals surface area contributed by atoms with E-state index < -0.39 is 11.4 Å². The Balaban J connectivity index is 2.39. The first-order valence-electron chi connectivity index (χ1n) is 5.95. The first-order valence-corrected chi connectivity index (χ1v) is 5.95. The van der Waals surface area contributed by atoms with Crippen molar-refractivity contribution in [2.75, 3.05) is 0 Å². The lowest BCUT2D eigenvalue weighted by molar-refractivity contribution is 0.555. The standard InChI is InChI=1S/C16H11FO2/c1-10-13-8-7-12(17)9-14(13)19-16(18)15(10)11-5-3-2-4-6-11/h2-9H,1H3. The van der Waals surface area contributed by atoms with Gasteiger partial charge in [0, 0.05) is 11.5 Å². The molecular weight excluding hydrogens is 243 g/mol. The molecule has 0 saturated heterocycles. The second-order valence-electron chi connectivity index (χ2n) is 4.40. The fourth-order valence-corrected chi connectivity index (χ4v) is 2.27. The van der Waals surface area contributed by atoms with Crippen LogP contribution in [0.4, 0.5) is 4.39 Å².